The molecule has 1 rings (SSSR count). The van der Waals surface area contributed by atoms with Gasteiger partial charge in [-0.15, -0.1) is 0 Å². The lowest BCUT2D eigenvalue weighted by atomic mass is 9.90. The predicted molar refractivity (Wildman–Crippen MR) is 57.3 cm³/mol. The zero-order valence-corrected chi connectivity index (χ0v) is 9.55. The first-order valence-electron chi connectivity index (χ1n) is 5.18. The zero-order valence-electron chi connectivity index (χ0n) is 9.55. The summed E-state index contributed by atoms with van der Waals surface area (Å²) in [6.45, 7) is 9.12. The monoisotopic (exact) mass is 196 g/mol. The topological polar surface area (TPSA) is 52.0 Å². The molecule has 0 atom stereocenters. The van der Waals surface area contributed by atoms with Gasteiger partial charge in [0, 0.05) is 24.8 Å². The van der Waals surface area contributed by atoms with E-state index in [1.54, 1.807) is 0 Å². The van der Waals surface area contributed by atoms with Gasteiger partial charge in [0.25, 0.3) is 0 Å². The first-order valence-corrected chi connectivity index (χ1v) is 5.18. The van der Waals surface area contributed by atoms with Crippen molar-refractivity contribution in [3.05, 3.63) is 17.3 Å². The van der Waals surface area contributed by atoms with Crippen LogP contribution < -0.4 is 5.73 Å². The van der Waals surface area contributed by atoms with Crippen molar-refractivity contribution in [2.24, 2.45) is 5.73 Å². The summed E-state index contributed by atoms with van der Waals surface area (Å²) < 4.78 is 5.64. The van der Waals surface area contributed by atoms with Crippen LogP contribution in [-0.4, -0.2) is 11.5 Å². The van der Waals surface area contributed by atoms with Crippen LogP contribution in [0.3, 0.4) is 0 Å². The molecule has 1 aromatic heterocycles. The Bertz CT molecular complexity index is 297. The normalized spacial score (nSPS) is 12.1. The van der Waals surface area contributed by atoms with E-state index >= 15 is 0 Å². The van der Waals surface area contributed by atoms with E-state index in [9.17, 15) is 0 Å². The highest BCUT2D eigenvalue weighted by Crippen LogP contribution is 2.26. The van der Waals surface area contributed by atoms with E-state index in [0.29, 0.717) is 6.54 Å². The first kappa shape index (κ1) is 11.2. The summed E-state index contributed by atoms with van der Waals surface area (Å²) in [4.78, 5) is 4.50. The quantitative estimate of drug-likeness (QED) is 0.804. The Labute approximate surface area is 85.7 Å². The molecule has 1 heterocycles. The molecule has 80 valence electrons. The highest BCUT2D eigenvalue weighted by Gasteiger charge is 2.23. The molecule has 0 aromatic carbocycles. The second-order valence-corrected chi connectivity index (χ2v) is 4.52. The third kappa shape index (κ3) is 2.35. The number of nitrogens with zero attached hydrogens (tertiary/aromatic N) is 1. The molecule has 1 aromatic rings. The molecule has 0 spiro atoms. The number of aromatic nitrogens is 1. The SMILES string of the molecule is CCc1oc(CCN)nc1C(C)(C)C. The number of nitrogens with two attached hydrogens (primary N) is 1. The Kier molecular flexibility index (Phi) is 3.32. The highest BCUT2D eigenvalue weighted by atomic mass is 16.4. The van der Waals surface area contributed by atoms with Crippen molar-refractivity contribution in [3.63, 3.8) is 0 Å². The lowest BCUT2D eigenvalue weighted by Gasteiger charge is -2.15. The van der Waals surface area contributed by atoms with Crippen LogP contribution >= 0.6 is 0 Å². The predicted octanol–water partition coefficient (Wildman–Crippen LogP) is 2.04. The number of aryl methyl sites for hydroxylation is 1. The van der Waals surface area contributed by atoms with Crippen molar-refractivity contribution in [3.8, 4) is 0 Å². The number of hydrogen-bond donors (Lipinski definition) is 1. The second kappa shape index (κ2) is 4.13. The number of oxazole rings is 1. The molecule has 0 aliphatic heterocycles. The minimum atomic E-state index is 0.0572. The van der Waals surface area contributed by atoms with Gasteiger partial charge in [-0.3, -0.25) is 0 Å². The maximum absolute atomic E-state index is 5.64. The molecule has 0 saturated heterocycles. The van der Waals surface area contributed by atoms with Crippen LogP contribution in [0.1, 0.15) is 45.0 Å². The van der Waals surface area contributed by atoms with E-state index in [1.165, 1.54) is 0 Å². The molecule has 0 saturated carbocycles. The van der Waals surface area contributed by atoms with Gasteiger partial charge in [0.2, 0.25) is 0 Å². The third-order valence-electron chi connectivity index (χ3n) is 2.13. The summed E-state index contributed by atoms with van der Waals surface area (Å²) in [7, 11) is 0. The maximum Gasteiger partial charge on any atom is 0.195 e. The van der Waals surface area contributed by atoms with E-state index in [4.69, 9.17) is 10.2 Å². The molecule has 0 aliphatic rings. The molecule has 0 fully saturated rings. The molecule has 0 amide bonds. The van der Waals surface area contributed by atoms with Gasteiger partial charge < -0.3 is 10.2 Å². The molecule has 14 heavy (non-hydrogen) atoms. The van der Waals surface area contributed by atoms with Gasteiger partial charge in [-0.1, -0.05) is 27.7 Å². The third-order valence-corrected chi connectivity index (χ3v) is 2.13. The van der Waals surface area contributed by atoms with Crippen molar-refractivity contribution in [1.29, 1.82) is 0 Å². The van der Waals surface area contributed by atoms with Crippen LogP contribution in [0.4, 0.5) is 0 Å². The lowest BCUT2D eigenvalue weighted by Crippen LogP contribution is -2.14. The summed E-state index contributed by atoms with van der Waals surface area (Å²) in [5.74, 6) is 1.77. The smallest absolute Gasteiger partial charge is 0.195 e. The molecule has 2 N–H and O–H groups in total. The Morgan fingerprint density at radius 3 is 2.36 bits per heavy atom. The first-order chi connectivity index (χ1) is 6.49. The van der Waals surface area contributed by atoms with Crippen LogP contribution in [0.2, 0.25) is 0 Å². The van der Waals surface area contributed by atoms with E-state index in [-0.39, 0.29) is 5.41 Å². The minimum absolute atomic E-state index is 0.0572. The fourth-order valence-electron chi connectivity index (χ4n) is 1.46. The average Bonchev–Trinajstić information content (AvgIpc) is 2.47. The Morgan fingerprint density at radius 1 is 1.36 bits per heavy atom. The largest absolute Gasteiger partial charge is 0.445 e. The number of hydrogen-bond acceptors (Lipinski definition) is 3. The lowest BCUT2D eigenvalue weighted by molar-refractivity contribution is 0.453. The molecular weight excluding hydrogens is 176 g/mol. The van der Waals surface area contributed by atoms with Crippen molar-refractivity contribution in [2.45, 2.75) is 46.0 Å². The maximum atomic E-state index is 5.64. The van der Waals surface area contributed by atoms with Gasteiger partial charge in [-0.25, -0.2) is 4.98 Å². The molecule has 3 nitrogen and oxygen atoms in total. The van der Waals surface area contributed by atoms with Gasteiger partial charge in [-0.2, -0.15) is 0 Å². The molecule has 0 aliphatic carbocycles. The summed E-state index contributed by atoms with van der Waals surface area (Å²) in [5.41, 5.74) is 6.60. The van der Waals surface area contributed by atoms with Gasteiger partial charge in [-0.05, 0) is 0 Å². The zero-order chi connectivity index (χ0) is 10.8. The van der Waals surface area contributed by atoms with E-state index < -0.39 is 0 Å². The van der Waals surface area contributed by atoms with Crippen LogP contribution in [-0.2, 0) is 18.3 Å². The molecule has 0 radical (unpaired) electrons. The van der Waals surface area contributed by atoms with Crippen molar-refractivity contribution < 1.29 is 4.42 Å². The van der Waals surface area contributed by atoms with Crippen LogP contribution in [0.25, 0.3) is 0 Å². The summed E-state index contributed by atoms with van der Waals surface area (Å²) >= 11 is 0. The van der Waals surface area contributed by atoms with Crippen molar-refractivity contribution >= 4 is 0 Å². The van der Waals surface area contributed by atoms with Crippen LogP contribution in [0, 0.1) is 0 Å². The van der Waals surface area contributed by atoms with Gasteiger partial charge in [0.05, 0.1) is 5.69 Å². The summed E-state index contributed by atoms with van der Waals surface area (Å²) in [6.07, 6.45) is 1.62. The minimum Gasteiger partial charge on any atom is -0.445 e. The average molecular weight is 196 g/mol. The molecule has 3 heteroatoms. The summed E-state index contributed by atoms with van der Waals surface area (Å²) in [6, 6.07) is 0. The van der Waals surface area contributed by atoms with E-state index in [0.717, 1.165) is 30.2 Å². The fraction of sp³-hybridized carbons (Fsp3) is 0.727. The van der Waals surface area contributed by atoms with E-state index in [2.05, 4.69) is 32.7 Å². The molecule has 0 unspecified atom stereocenters. The fourth-order valence-corrected chi connectivity index (χ4v) is 1.46. The second-order valence-electron chi connectivity index (χ2n) is 4.52. The molecule has 0 bridgehead atoms. The van der Waals surface area contributed by atoms with Gasteiger partial charge in [0.1, 0.15) is 5.76 Å². The Morgan fingerprint density at radius 2 is 2.00 bits per heavy atom. The van der Waals surface area contributed by atoms with Crippen molar-refractivity contribution in [1.82, 2.24) is 4.98 Å². The van der Waals surface area contributed by atoms with E-state index in [1.807, 2.05) is 0 Å². The summed E-state index contributed by atoms with van der Waals surface area (Å²) in [5, 5.41) is 0. The number of rotatable bonds is 3. The Balaban J connectivity index is 3.02. The van der Waals surface area contributed by atoms with Gasteiger partial charge in [0.15, 0.2) is 5.89 Å². The van der Waals surface area contributed by atoms with Crippen molar-refractivity contribution in [2.75, 3.05) is 6.54 Å². The van der Waals surface area contributed by atoms with Gasteiger partial charge >= 0.3 is 0 Å². The van der Waals surface area contributed by atoms with Crippen LogP contribution in [0.15, 0.2) is 4.42 Å². The standard InChI is InChI=1S/C11H20N2O/c1-5-8-10(11(2,3)4)13-9(14-8)6-7-12/h5-7,12H2,1-4H3. The Hall–Kier alpha value is -0.830. The highest BCUT2D eigenvalue weighted by molar-refractivity contribution is 5.18. The molecular formula is C11H20N2O. The van der Waals surface area contributed by atoms with Crippen LogP contribution in [0.5, 0.6) is 0 Å².